The largest absolute Gasteiger partial charge is 0.393 e. The van der Waals surface area contributed by atoms with Crippen LogP contribution in [0.3, 0.4) is 0 Å². The van der Waals surface area contributed by atoms with E-state index in [1.54, 1.807) is 0 Å². The average molecular weight is 288 g/mol. The molecule has 0 aromatic rings. The molecule has 116 valence electrons. The van der Waals surface area contributed by atoms with Crippen molar-refractivity contribution in [2.75, 3.05) is 0 Å². The number of rotatable bonds is 0. The summed E-state index contributed by atoms with van der Waals surface area (Å²) < 4.78 is 0. The fourth-order valence-corrected chi connectivity index (χ4v) is 6.41. The van der Waals surface area contributed by atoms with Gasteiger partial charge >= 0.3 is 0 Å². The molecule has 0 unspecified atom stereocenters. The van der Waals surface area contributed by atoms with Crippen LogP contribution >= 0.6 is 0 Å². The van der Waals surface area contributed by atoms with Gasteiger partial charge in [0, 0.05) is 11.8 Å². The number of Topliss-reactive ketones (excluding diaryl/α,β-unsaturated/α-hetero) is 1. The zero-order valence-electron chi connectivity index (χ0n) is 13.4. The van der Waals surface area contributed by atoms with E-state index < -0.39 is 0 Å². The Labute approximate surface area is 128 Å². The second-order valence-electron chi connectivity index (χ2n) is 8.57. The summed E-state index contributed by atoms with van der Waals surface area (Å²) in [5.41, 5.74) is 1.81. The molecule has 4 aliphatic rings. The summed E-state index contributed by atoms with van der Waals surface area (Å²) in [6.45, 7) is 4.69. The second kappa shape index (κ2) is 4.44. The minimum Gasteiger partial charge on any atom is -0.393 e. The van der Waals surface area contributed by atoms with E-state index in [1.165, 1.54) is 12.0 Å². The van der Waals surface area contributed by atoms with Crippen molar-refractivity contribution in [2.24, 2.45) is 28.6 Å². The minimum atomic E-state index is -0.122. The van der Waals surface area contributed by atoms with Gasteiger partial charge in [-0.3, -0.25) is 4.79 Å². The zero-order chi connectivity index (χ0) is 14.8. The Bertz CT molecular complexity index is 508. The fraction of sp³-hybridized carbons (Fsp3) is 0.842. The lowest BCUT2D eigenvalue weighted by Crippen LogP contribution is -2.50. The molecule has 0 heterocycles. The van der Waals surface area contributed by atoms with Crippen LogP contribution in [0, 0.1) is 28.6 Å². The Morgan fingerprint density at radius 3 is 2.62 bits per heavy atom. The van der Waals surface area contributed by atoms with Crippen LogP contribution in [0.15, 0.2) is 11.6 Å². The van der Waals surface area contributed by atoms with E-state index in [4.69, 9.17) is 0 Å². The molecule has 0 aromatic carbocycles. The highest BCUT2D eigenvalue weighted by molar-refractivity contribution is 5.87. The van der Waals surface area contributed by atoms with Crippen LogP contribution in [0.5, 0.6) is 0 Å². The number of ketones is 1. The molecule has 4 rings (SSSR count). The molecule has 21 heavy (non-hydrogen) atoms. The van der Waals surface area contributed by atoms with Crippen molar-refractivity contribution in [3.8, 4) is 0 Å². The molecule has 2 nitrogen and oxygen atoms in total. The Morgan fingerprint density at radius 2 is 1.81 bits per heavy atom. The van der Waals surface area contributed by atoms with Crippen LogP contribution in [-0.2, 0) is 4.79 Å². The van der Waals surface area contributed by atoms with Gasteiger partial charge in [0.1, 0.15) is 5.78 Å². The number of allylic oxidation sites excluding steroid dienone is 1. The predicted octanol–water partition coefficient (Wildman–Crippen LogP) is 3.88. The fourth-order valence-electron chi connectivity index (χ4n) is 6.41. The maximum atomic E-state index is 12.4. The van der Waals surface area contributed by atoms with E-state index in [9.17, 15) is 9.90 Å². The summed E-state index contributed by atoms with van der Waals surface area (Å²) in [5, 5.41) is 10.00. The van der Waals surface area contributed by atoms with Crippen LogP contribution in [0.1, 0.15) is 65.2 Å². The molecule has 0 bridgehead atoms. The first-order valence-electron chi connectivity index (χ1n) is 8.86. The summed E-state index contributed by atoms with van der Waals surface area (Å²) in [7, 11) is 0. The Hall–Kier alpha value is -0.630. The van der Waals surface area contributed by atoms with Crippen molar-refractivity contribution in [2.45, 2.75) is 71.3 Å². The van der Waals surface area contributed by atoms with Crippen molar-refractivity contribution in [1.29, 1.82) is 0 Å². The third kappa shape index (κ3) is 1.78. The standard InChI is InChI=1S/C19H28O2/c1-18-9-7-13(20)11-12(18)3-4-14-15-5-6-17(21)19(15,2)10-8-16(14)18/h3,13-16,20H,4-11H2,1-2H3/t13-,14+,15+,16+,18+,19-/m1/s1. The number of fused-ring (bicyclic) bond motifs is 5. The van der Waals surface area contributed by atoms with Crippen molar-refractivity contribution >= 4 is 5.78 Å². The quantitative estimate of drug-likeness (QED) is 0.687. The van der Waals surface area contributed by atoms with Gasteiger partial charge in [0.05, 0.1) is 6.10 Å². The van der Waals surface area contributed by atoms with E-state index in [-0.39, 0.29) is 11.5 Å². The number of aliphatic hydroxyl groups excluding tert-OH is 1. The van der Waals surface area contributed by atoms with Crippen molar-refractivity contribution in [1.82, 2.24) is 0 Å². The maximum absolute atomic E-state index is 12.4. The van der Waals surface area contributed by atoms with E-state index in [0.29, 0.717) is 23.0 Å². The number of aliphatic hydroxyl groups is 1. The monoisotopic (exact) mass is 288 g/mol. The molecule has 0 saturated heterocycles. The molecule has 0 radical (unpaired) electrons. The molecule has 0 spiro atoms. The van der Waals surface area contributed by atoms with Crippen LogP contribution in [0.25, 0.3) is 0 Å². The van der Waals surface area contributed by atoms with Crippen molar-refractivity contribution in [3.63, 3.8) is 0 Å². The lowest BCUT2D eigenvalue weighted by atomic mass is 9.48. The van der Waals surface area contributed by atoms with Crippen LogP contribution in [0.2, 0.25) is 0 Å². The third-order valence-electron chi connectivity index (χ3n) is 7.79. The van der Waals surface area contributed by atoms with Gasteiger partial charge < -0.3 is 5.11 Å². The van der Waals surface area contributed by atoms with E-state index >= 15 is 0 Å². The summed E-state index contributed by atoms with van der Waals surface area (Å²) in [5.74, 6) is 2.60. The van der Waals surface area contributed by atoms with Gasteiger partial charge in [-0.25, -0.2) is 0 Å². The van der Waals surface area contributed by atoms with Gasteiger partial charge in [-0.05, 0) is 68.1 Å². The molecule has 0 aliphatic heterocycles. The zero-order valence-corrected chi connectivity index (χ0v) is 13.4. The average Bonchev–Trinajstić information content (AvgIpc) is 2.76. The number of hydrogen-bond acceptors (Lipinski definition) is 2. The maximum Gasteiger partial charge on any atom is 0.139 e. The molecule has 3 saturated carbocycles. The van der Waals surface area contributed by atoms with Crippen LogP contribution < -0.4 is 0 Å². The minimum absolute atomic E-state index is 0.0168. The molecular formula is C19H28O2. The molecule has 6 atom stereocenters. The first-order valence-corrected chi connectivity index (χ1v) is 8.86. The second-order valence-corrected chi connectivity index (χ2v) is 8.57. The molecule has 2 heteroatoms. The van der Waals surface area contributed by atoms with Gasteiger partial charge in [0.15, 0.2) is 0 Å². The van der Waals surface area contributed by atoms with Gasteiger partial charge in [-0.15, -0.1) is 0 Å². The molecule has 3 fully saturated rings. The van der Waals surface area contributed by atoms with Gasteiger partial charge in [-0.1, -0.05) is 25.5 Å². The molecule has 0 amide bonds. The predicted molar refractivity (Wildman–Crippen MR) is 82.7 cm³/mol. The first-order chi connectivity index (χ1) is 9.95. The first kappa shape index (κ1) is 14.0. The van der Waals surface area contributed by atoms with Crippen molar-refractivity contribution in [3.05, 3.63) is 11.6 Å². The lowest BCUT2D eigenvalue weighted by Gasteiger charge is -2.56. The summed E-state index contributed by atoms with van der Waals surface area (Å²) in [4.78, 5) is 12.4. The summed E-state index contributed by atoms with van der Waals surface area (Å²) >= 11 is 0. The van der Waals surface area contributed by atoms with Gasteiger partial charge in [-0.2, -0.15) is 0 Å². The highest BCUT2D eigenvalue weighted by Crippen LogP contribution is 2.63. The topological polar surface area (TPSA) is 37.3 Å². The van der Waals surface area contributed by atoms with Gasteiger partial charge in [0.25, 0.3) is 0 Å². The molecular weight excluding hydrogens is 260 g/mol. The SMILES string of the molecule is C[C@@]12CC[C@H]3[C@@H](CC=C4C[C@H](O)CC[C@@]43C)[C@@H]1CCC2=O. The Kier molecular flexibility index (Phi) is 2.96. The molecule has 0 aromatic heterocycles. The number of carbonyl (C=O) groups excluding carboxylic acids is 1. The summed E-state index contributed by atoms with van der Waals surface area (Å²) in [6, 6.07) is 0. The Morgan fingerprint density at radius 1 is 1.10 bits per heavy atom. The number of carbonyl (C=O) groups is 1. The molecule has 1 N–H and O–H groups in total. The Balaban J connectivity index is 1.69. The lowest BCUT2D eigenvalue weighted by molar-refractivity contribution is -0.132. The smallest absolute Gasteiger partial charge is 0.139 e. The third-order valence-corrected chi connectivity index (χ3v) is 7.79. The van der Waals surface area contributed by atoms with Crippen LogP contribution in [-0.4, -0.2) is 17.0 Å². The van der Waals surface area contributed by atoms with Crippen molar-refractivity contribution < 1.29 is 9.90 Å². The van der Waals surface area contributed by atoms with E-state index in [1.807, 2.05) is 0 Å². The highest BCUT2D eigenvalue weighted by Gasteiger charge is 2.58. The van der Waals surface area contributed by atoms with Gasteiger partial charge in [0.2, 0.25) is 0 Å². The van der Waals surface area contributed by atoms with E-state index in [2.05, 4.69) is 19.9 Å². The molecule has 4 aliphatic carbocycles. The van der Waals surface area contributed by atoms with E-state index in [0.717, 1.165) is 50.9 Å². The van der Waals surface area contributed by atoms with Crippen LogP contribution in [0.4, 0.5) is 0 Å². The highest BCUT2D eigenvalue weighted by atomic mass is 16.3. The normalized spacial score (nSPS) is 52.7. The summed E-state index contributed by atoms with van der Waals surface area (Å²) in [6.07, 6.45) is 10.7. The number of hydrogen-bond donors (Lipinski definition) is 1.